The van der Waals surface area contributed by atoms with E-state index in [0.717, 1.165) is 18.5 Å². The maximum Gasteiger partial charge on any atom is 0.287 e. The molecule has 0 amide bonds. The van der Waals surface area contributed by atoms with Crippen molar-refractivity contribution in [1.82, 2.24) is 19.7 Å². The summed E-state index contributed by atoms with van der Waals surface area (Å²) >= 11 is 6.11. The molecule has 2 heterocycles. The Balaban J connectivity index is 2.10. The van der Waals surface area contributed by atoms with Crippen LogP contribution < -0.4 is 10.9 Å². The third-order valence-electron chi connectivity index (χ3n) is 3.00. The van der Waals surface area contributed by atoms with Crippen molar-refractivity contribution in [3.63, 3.8) is 0 Å². The van der Waals surface area contributed by atoms with E-state index in [0.29, 0.717) is 24.6 Å². The molecule has 0 atom stereocenters. The molecule has 2 aromatic heterocycles. The van der Waals surface area contributed by atoms with Gasteiger partial charge >= 0.3 is 0 Å². The zero-order valence-corrected chi connectivity index (χ0v) is 12.9. The van der Waals surface area contributed by atoms with Crippen molar-refractivity contribution in [3.8, 4) is 0 Å². The number of aryl methyl sites for hydroxylation is 2. The van der Waals surface area contributed by atoms with Gasteiger partial charge in [0.2, 0.25) is 0 Å². The first kappa shape index (κ1) is 15.4. The number of rotatable bonds is 6. The molecule has 0 saturated heterocycles. The second kappa shape index (κ2) is 7.17. The molecule has 0 saturated carbocycles. The number of hydrogen-bond acceptors (Lipinski definition) is 5. The predicted molar refractivity (Wildman–Crippen MR) is 82.5 cm³/mol. The van der Waals surface area contributed by atoms with E-state index in [-0.39, 0.29) is 10.6 Å². The molecule has 0 aliphatic heterocycles. The third kappa shape index (κ3) is 4.01. The van der Waals surface area contributed by atoms with Gasteiger partial charge in [-0.25, -0.2) is 14.6 Å². The Morgan fingerprint density at radius 1 is 1.43 bits per heavy atom. The van der Waals surface area contributed by atoms with Gasteiger partial charge in [0, 0.05) is 12.7 Å². The quantitative estimate of drug-likeness (QED) is 0.887. The molecule has 1 N–H and O–H groups in total. The van der Waals surface area contributed by atoms with Crippen LogP contribution in [0.3, 0.4) is 0 Å². The largest absolute Gasteiger partial charge is 0.377 e. The van der Waals surface area contributed by atoms with Crippen molar-refractivity contribution in [2.75, 3.05) is 5.32 Å². The Morgan fingerprint density at radius 2 is 2.24 bits per heavy atom. The lowest BCUT2D eigenvalue weighted by Crippen LogP contribution is -2.24. The summed E-state index contributed by atoms with van der Waals surface area (Å²) in [5.41, 5.74) is 1.08. The molecule has 0 fully saturated rings. The summed E-state index contributed by atoms with van der Waals surface area (Å²) in [5, 5.41) is 7.37. The fourth-order valence-electron chi connectivity index (χ4n) is 1.84. The smallest absolute Gasteiger partial charge is 0.287 e. The fraction of sp³-hybridized carbons (Fsp3) is 0.429. The summed E-state index contributed by atoms with van der Waals surface area (Å²) in [6.07, 6.45) is 5.17. The van der Waals surface area contributed by atoms with E-state index in [1.54, 1.807) is 12.4 Å². The standard InChI is InChI=1S/C14H18ClN5O/c1-3-4-7-20-14(21)13(15)12(9-18-20)17-8-11-5-6-16-10(2)19-11/h5-6,9,17H,3-4,7-8H2,1-2H3. The minimum atomic E-state index is -0.269. The van der Waals surface area contributed by atoms with Crippen molar-refractivity contribution in [2.24, 2.45) is 0 Å². The zero-order chi connectivity index (χ0) is 15.2. The average molecular weight is 308 g/mol. The van der Waals surface area contributed by atoms with Crippen molar-refractivity contribution in [1.29, 1.82) is 0 Å². The van der Waals surface area contributed by atoms with Crippen LogP contribution in [0, 0.1) is 6.92 Å². The van der Waals surface area contributed by atoms with Crippen molar-refractivity contribution >= 4 is 17.3 Å². The Bertz CT molecular complexity index is 671. The molecule has 6 nitrogen and oxygen atoms in total. The molecule has 2 rings (SSSR count). The van der Waals surface area contributed by atoms with Crippen LogP contribution in [0.15, 0.2) is 23.3 Å². The molecule has 0 spiro atoms. The Labute approximate surface area is 128 Å². The Kier molecular flexibility index (Phi) is 5.27. The van der Waals surface area contributed by atoms with Crippen LogP contribution in [0.4, 0.5) is 5.69 Å². The van der Waals surface area contributed by atoms with Crippen molar-refractivity contribution in [3.05, 3.63) is 45.4 Å². The molecule has 0 unspecified atom stereocenters. The third-order valence-corrected chi connectivity index (χ3v) is 3.37. The number of nitrogens with one attached hydrogen (secondary N) is 1. The number of anilines is 1. The molecule has 0 aliphatic carbocycles. The maximum atomic E-state index is 12.1. The summed E-state index contributed by atoms with van der Waals surface area (Å²) in [6.45, 7) is 4.93. The van der Waals surface area contributed by atoms with E-state index in [9.17, 15) is 4.79 Å². The Hall–Kier alpha value is -1.95. The molecule has 112 valence electrons. The SMILES string of the molecule is CCCCn1ncc(NCc2ccnc(C)n2)c(Cl)c1=O. The summed E-state index contributed by atoms with van der Waals surface area (Å²) in [5.74, 6) is 0.702. The van der Waals surface area contributed by atoms with Crippen molar-refractivity contribution in [2.45, 2.75) is 39.8 Å². The predicted octanol–water partition coefficient (Wildman–Crippen LogP) is 2.41. The first-order valence-corrected chi connectivity index (χ1v) is 7.27. The van der Waals surface area contributed by atoms with E-state index in [2.05, 4.69) is 27.3 Å². The molecule has 7 heteroatoms. The van der Waals surface area contributed by atoms with Crippen LogP contribution in [0.2, 0.25) is 5.02 Å². The minimum absolute atomic E-state index is 0.159. The topological polar surface area (TPSA) is 72.7 Å². The lowest BCUT2D eigenvalue weighted by molar-refractivity contribution is 0.543. The molecular weight excluding hydrogens is 290 g/mol. The first-order chi connectivity index (χ1) is 10.1. The fourth-order valence-corrected chi connectivity index (χ4v) is 2.06. The van der Waals surface area contributed by atoms with E-state index < -0.39 is 0 Å². The molecule has 0 aliphatic rings. The van der Waals surface area contributed by atoms with Gasteiger partial charge in [-0.2, -0.15) is 5.10 Å². The number of hydrogen-bond donors (Lipinski definition) is 1. The van der Waals surface area contributed by atoms with Gasteiger partial charge in [-0.3, -0.25) is 4.79 Å². The van der Waals surface area contributed by atoms with Crippen molar-refractivity contribution < 1.29 is 0 Å². The van der Waals surface area contributed by atoms with Gasteiger partial charge in [0.15, 0.2) is 0 Å². The lowest BCUT2D eigenvalue weighted by Gasteiger charge is -2.10. The zero-order valence-electron chi connectivity index (χ0n) is 12.1. The number of nitrogens with zero attached hydrogens (tertiary/aromatic N) is 4. The molecule has 0 bridgehead atoms. The highest BCUT2D eigenvalue weighted by molar-refractivity contribution is 6.32. The molecule has 21 heavy (non-hydrogen) atoms. The van der Waals surface area contributed by atoms with Gasteiger partial charge in [-0.15, -0.1) is 0 Å². The highest BCUT2D eigenvalue weighted by Gasteiger charge is 2.09. The molecule has 0 aromatic carbocycles. The van der Waals surface area contributed by atoms with Crippen LogP contribution >= 0.6 is 11.6 Å². The van der Waals surface area contributed by atoms with Gasteiger partial charge in [0.1, 0.15) is 10.8 Å². The number of halogens is 1. The van der Waals surface area contributed by atoms with E-state index in [1.807, 2.05) is 13.0 Å². The number of aromatic nitrogens is 4. The van der Waals surface area contributed by atoms with Crippen LogP contribution in [0.1, 0.15) is 31.3 Å². The Morgan fingerprint density at radius 3 is 2.95 bits per heavy atom. The van der Waals surface area contributed by atoms with Crippen LogP contribution in [0.5, 0.6) is 0 Å². The number of unbranched alkanes of at least 4 members (excludes halogenated alkanes) is 1. The second-order valence-electron chi connectivity index (χ2n) is 4.70. The summed E-state index contributed by atoms with van der Waals surface area (Å²) in [7, 11) is 0. The summed E-state index contributed by atoms with van der Waals surface area (Å²) < 4.78 is 1.39. The maximum absolute atomic E-state index is 12.1. The molecular formula is C14H18ClN5O. The summed E-state index contributed by atoms with van der Waals surface area (Å²) in [4.78, 5) is 20.4. The highest BCUT2D eigenvalue weighted by atomic mass is 35.5. The minimum Gasteiger partial charge on any atom is -0.377 e. The van der Waals surface area contributed by atoms with Crippen LogP contribution in [0.25, 0.3) is 0 Å². The first-order valence-electron chi connectivity index (χ1n) is 6.90. The van der Waals surface area contributed by atoms with Gasteiger partial charge in [-0.1, -0.05) is 24.9 Å². The van der Waals surface area contributed by atoms with E-state index >= 15 is 0 Å². The highest BCUT2D eigenvalue weighted by Crippen LogP contribution is 2.16. The molecule has 0 radical (unpaired) electrons. The normalized spacial score (nSPS) is 10.6. The van der Waals surface area contributed by atoms with Gasteiger partial charge in [-0.05, 0) is 19.4 Å². The van der Waals surface area contributed by atoms with Gasteiger partial charge in [0.25, 0.3) is 5.56 Å². The van der Waals surface area contributed by atoms with Crippen LogP contribution in [-0.4, -0.2) is 19.7 Å². The summed E-state index contributed by atoms with van der Waals surface area (Å²) in [6, 6.07) is 1.81. The average Bonchev–Trinajstić information content (AvgIpc) is 2.48. The second-order valence-corrected chi connectivity index (χ2v) is 5.08. The van der Waals surface area contributed by atoms with Gasteiger partial charge in [0.05, 0.1) is 24.1 Å². The molecule has 2 aromatic rings. The monoisotopic (exact) mass is 307 g/mol. The van der Waals surface area contributed by atoms with E-state index in [4.69, 9.17) is 11.6 Å². The van der Waals surface area contributed by atoms with Crippen LogP contribution in [-0.2, 0) is 13.1 Å². The van der Waals surface area contributed by atoms with E-state index in [1.165, 1.54) is 4.68 Å². The van der Waals surface area contributed by atoms with Gasteiger partial charge < -0.3 is 5.32 Å². The lowest BCUT2D eigenvalue weighted by atomic mass is 10.3.